The Labute approximate surface area is 175 Å². The van der Waals surface area contributed by atoms with Crippen molar-refractivity contribution < 1.29 is 19.1 Å². The smallest absolute Gasteiger partial charge is 0.338 e. The van der Waals surface area contributed by atoms with Crippen molar-refractivity contribution in [3.8, 4) is 5.75 Å². The van der Waals surface area contributed by atoms with Crippen LogP contribution in [0.1, 0.15) is 52.1 Å². The predicted molar refractivity (Wildman–Crippen MR) is 110 cm³/mol. The van der Waals surface area contributed by atoms with Crippen LogP contribution < -0.4 is 15.4 Å². The van der Waals surface area contributed by atoms with Crippen molar-refractivity contribution in [2.24, 2.45) is 5.92 Å². The Hall–Kier alpha value is -1.92. The molecule has 2 N–H and O–H groups in total. The normalized spacial score (nSPS) is 16.7. The second-order valence-corrected chi connectivity index (χ2v) is 7.73. The van der Waals surface area contributed by atoms with Crippen molar-refractivity contribution in [3.63, 3.8) is 0 Å². The van der Waals surface area contributed by atoms with Gasteiger partial charge in [0.15, 0.2) is 5.75 Å². The number of nitrogens with one attached hydrogen (secondary N) is 2. The molecule has 1 atom stereocenters. The van der Waals surface area contributed by atoms with E-state index in [1.165, 1.54) is 0 Å². The molecule has 2 amide bonds. The first-order valence-corrected chi connectivity index (χ1v) is 10.1. The number of rotatable bonds is 8. The molecule has 0 saturated carbocycles. The summed E-state index contributed by atoms with van der Waals surface area (Å²) >= 11 is 12.8. The zero-order valence-corrected chi connectivity index (χ0v) is 18.0. The summed E-state index contributed by atoms with van der Waals surface area (Å²) in [5, 5.41) is 6.12. The Bertz CT molecular complexity index is 754. The van der Waals surface area contributed by atoms with Crippen LogP contribution in [-0.2, 0) is 9.53 Å². The Balaban J connectivity index is 2.48. The summed E-state index contributed by atoms with van der Waals surface area (Å²) in [6.45, 7) is 8.44. The maximum atomic E-state index is 12.6. The number of carbonyl (C=O) groups excluding carboxylic acids is 2. The molecule has 28 heavy (non-hydrogen) atoms. The summed E-state index contributed by atoms with van der Waals surface area (Å²) in [5.41, 5.74) is 1.48. The second kappa shape index (κ2) is 10.0. The van der Waals surface area contributed by atoms with Gasteiger partial charge in [0.05, 0.1) is 34.9 Å². The zero-order valence-electron chi connectivity index (χ0n) is 16.5. The fourth-order valence-corrected chi connectivity index (χ4v) is 3.51. The van der Waals surface area contributed by atoms with Gasteiger partial charge in [0.25, 0.3) is 0 Å². The molecule has 1 aliphatic rings. The number of halogens is 2. The summed E-state index contributed by atoms with van der Waals surface area (Å²) in [6, 6.07) is 2.20. The monoisotopic (exact) mass is 428 g/mol. The molecule has 1 aromatic carbocycles. The van der Waals surface area contributed by atoms with Crippen LogP contribution in [0.3, 0.4) is 0 Å². The quantitative estimate of drug-likeness (QED) is 0.571. The highest BCUT2D eigenvalue weighted by molar-refractivity contribution is 6.37. The number of esters is 1. The first-order valence-electron chi connectivity index (χ1n) is 9.37. The molecule has 0 saturated heterocycles. The van der Waals surface area contributed by atoms with Crippen molar-refractivity contribution in [2.75, 3.05) is 13.2 Å². The zero-order chi connectivity index (χ0) is 20.8. The molecule has 0 bridgehead atoms. The minimum absolute atomic E-state index is 0.228. The summed E-state index contributed by atoms with van der Waals surface area (Å²) in [4.78, 5) is 24.8. The number of carbonyl (C=O) groups is 2. The first-order chi connectivity index (χ1) is 13.3. The van der Waals surface area contributed by atoms with Crippen molar-refractivity contribution in [1.82, 2.24) is 10.6 Å². The van der Waals surface area contributed by atoms with Crippen LogP contribution in [0.4, 0.5) is 4.79 Å². The third-order valence-corrected chi connectivity index (χ3v) is 4.63. The lowest BCUT2D eigenvalue weighted by molar-refractivity contribution is -0.139. The van der Waals surface area contributed by atoms with E-state index < -0.39 is 18.0 Å². The van der Waals surface area contributed by atoms with E-state index in [9.17, 15) is 9.59 Å². The first kappa shape index (κ1) is 22.4. The van der Waals surface area contributed by atoms with Gasteiger partial charge in [-0.1, -0.05) is 50.4 Å². The number of ether oxygens (including phenoxy) is 2. The highest BCUT2D eigenvalue weighted by Crippen LogP contribution is 2.39. The predicted octanol–water partition coefficient (Wildman–Crippen LogP) is 5.00. The summed E-state index contributed by atoms with van der Waals surface area (Å²) in [6.07, 6.45) is 1.30. The minimum atomic E-state index is -0.719. The fourth-order valence-electron chi connectivity index (χ4n) is 2.90. The van der Waals surface area contributed by atoms with Gasteiger partial charge in [0.1, 0.15) is 0 Å². The summed E-state index contributed by atoms with van der Waals surface area (Å²) in [7, 11) is 0. The lowest BCUT2D eigenvalue weighted by atomic mass is 9.93. The highest BCUT2D eigenvalue weighted by atomic mass is 35.5. The molecule has 154 valence electrons. The van der Waals surface area contributed by atoms with E-state index in [1.54, 1.807) is 19.1 Å². The molecule has 1 unspecified atom stereocenters. The lowest BCUT2D eigenvalue weighted by Gasteiger charge is -2.29. The van der Waals surface area contributed by atoms with Gasteiger partial charge in [0, 0.05) is 5.70 Å². The van der Waals surface area contributed by atoms with E-state index in [-0.39, 0.29) is 6.61 Å². The molecule has 0 radical (unpaired) electrons. The number of urea groups is 1. The van der Waals surface area contributed by atoms with Crippen LogP contribution in [0, 0.1) is 5.92 Å². The SMILES string of the molecule is CCCC1=C(C(=O)OCC)C(c2cc(Cl)c(OCC(C)C)c(Cl)c2)NC(=O)N1. The Morgan fingerprint density at radius 3 is 2.39 bits per heavy atom. The highest BCUT2D eigenvalue weighted by Gasteiger charge is 2.34. The number of allylic oxidation sites excluding steroid dienone is 1. The van der Waals surface area contributed by atoms with Crippen molar-refractivity contribution in [3.05, 3.63) is 39.0 Å². The topological polar surface area (TPSA) is 76.7 Å². The van der Waals surface area contributed by atoms with E-state index in [1.807, 2.05) is 20.8 Å². The van der Waals surface area contributed by atoms with Crippen LogP contribution in [0.2, 0.25) is 10.0 Å². The van der Waals surface area contributed by atoms with E-state index in [0.717, 1.165) is 6.42 Å². The third-order valence-electron chi connectivity index (χ3n) is 4.06. The van der Waals surface area contributed by atoms with Gasteiger partial charge in [-0.05, 0) is 37.0 Å². The van der Waals surface area contributed by atoms with Gasteiger partial charge in [-0.25, -0.2) is 9.59 Å². The van der Waals surface area contributed by atoms with Gasteiger partial charge in [0.2, 0.25) is 0 Å². The molecule has 0 aromatic heterocycles. The van der Waals surface area contributed by atoms with Gasteiger partial charge >= 0.3 is 12.0 Å². The summed E-state index contributed by atoms with van der Waals surface area (Å²) in [5.74, 6) is 0.206. The molecule has 0 fully saturated rings. The van der Waals surface area contributed by atoms with Crippen LogP contribution in [0.15, 0.2) is 23.4 Å². The average molecular weight is 429 g/mol. The Morgan fingerprint density at radius 1 is 1.21 bits per heavy atom. The molecule has 2 rings (SSSR count). The lowest BCUT2D eigenvalue weighted by Crippen LogP contribution is -2.46. The molecule has 0 spiro atoms. The van der Waals surface area contributed by atoms with E-state index >= 15 is 0 Å². The molecular formula is C20H26Cl2N2O4. The molecule has 1 heterocycles. The van der Waals surface area contributed by atoms with Crippen LogP contribution >= 0.6 is 23.2 Å². The maximum Gasteiger partial charge on any atom is 0.338 e. The van der Waals surface area contributed by atoms with E-state index in [0.29, 0.717) is 51.6 Å². The van der Waals surface area contributed by atoms with Crippen LogP contribution in [0.25, 0.3) is 0 Å². The van der Waals surface area contributed by atoms with Crippen LogP contribution in [0.5, 0.6) is 5.75 Å². The second-order valence-electron chi connectivity index (χ2n) is 6.91. The van der Waals surface area contributed by atoms with Crippen LogP contribution in [-0.4, -0.2) is 25.2 Å². The van der Waals surface area contributed by atoms with E-state index in [2.05, 4.69) is 10.6 Å². The molecule has 1 aromatic rings. The van der Waals surface area contributed by atoms with E-state index in [4.69, 9.17) is 32.7 Å². The van der Waals surface area contributed by atoms with Crippen molar-refractivity contribution >= 4 is 35.2 Å². The molecule has 6 nitrogen and oxygen atoms in total. The molecule has 1 aliphatic heterocycles. The third kappa shape index (κ3) is 5.32. The molecule has 0 aliphatic carbocycles. The van der Waals surface area contributed by atoms with Crippen molar-refractivity contribution in [1.29, 1.82) is 0 Å². The molecular weight excluding hydrogens is 403 g/mol. The Morgan fingerprint density at radius 2 is 1.86 bits per heavy atom. The number of hydrogen-bond acceptors (Lipinski definition) is 4. The number of benzene rings is 1. The van der Waals surface area contributed by atoms with Gasteiger partial charge in [-0.15, -0.1) is 0 Å². The standard InChI is InChI=1S/C20H26Cl2N2O4/c1-5-7-15-16(19(25)27-6-2)17(24-20(26)23-15)12-8-13(21)18(14(22)9-12)28-10-11(3)4/h8-9,11,17H,5-7,10H2,1-4H3,(H2,23,24,26). The van der Waals surface area contributed by atoms with Gasteiger partial charge in [-0.2, -0.15) is 0 Å². The number of hydrogen-bond donors (Lipinski definition) is 2. The number of amides is 2. The minimum Gasteiger partial charge on any atom is -0.490 e. The van der Waals surface area contributed by atoms with Crippen molar-refractivity contribution in [2.45, 2.75) is 46.6 Å². The fraction of sp³-hybridized carbons (Fsp3) is 0.500. The maximum absolute atomic E-state index is 12.6. The summed E-state index contributed by atoms with van der Waals surface area (Å²) < 4.78 is 10.9. The average Bonchev–Trinajstić information content (AvgIpc) is 2.60. The van der Waals surface area contributed by atoms with Gasteiger partial charge < -0.3 is 20.1 Å². The largest absolute Gasteiger partial charge is 0.490 e. The molecule has 8 heteroatoms. The Kier molecular flexibility index (Phi) is 8.01. The van der Waals surface area contributed by atoms with Gasteiger partial charge in [-0.3, -0.25) is 0 Å².